The Morgan fingerprint density at radius 3 is 2.24 bits per heavy atom. The molecule has 0 nitrogen and oxygen atoms in total. The normalized spacial score (nSPS) is 12.4. The van der Waals surface area contributed by atoms with Crippen LogP contribution in [0.5, 0.6) is 0 Å². The largest absolute Gasteiger partial charge is 0.206 e. The minimum Gasteiger partial charge on any atom is -0.206 e. The van der Waals surface area contributed by atoms with Crippen molar-refractivity contribution in [2.75, 3.05) is 0 Å². The molecule has 0 radical (unpaired) electrons. The van der Waals surface area contributed by atoms with E-state index in [9.17, 15) is 4.39 Å². The molecule has 1 heteroatoms. The topological polar surface area (TPSA) is 0 Å². The first-order valence-electron chi connectivity index (χ1n) is 6.07. The van der Waals surface area contributed by atoms with Crippen LogP contribution in [-0.4, -0.2) is 0 Å². The monoisotopic (exact) mass is 228 g/mol. The van der Waals surface area contributed by atoms with Gasteiger partial charge >= 0.3 is 0 Å². The highest BCUT2D eigenvalue weighted by atomic mass is 19.1. The van der Waals surface area contributed by atoms with E-state index in [-0.39, 0.29) is 5.82 Å². The highest BCUT2D eigenvalue weighted by molar-refractivity contribution is 5.64. The van der Waals surface area contributed by atoms with Crippen molar-refractivity contribution in [3.63, 3.8) is 0 Å². The molecule has 2 aromatic carbocycles. The van der Waals surface area contributed by atoms with E-state index in [0.717, 1.165) is 12.0 Å². The first-order chi connectivity index (χ1) is 8.22. The highest BCUT2D eigenvalue weighted by Crippen LogP contribution is 2.25. The third-order valence-corrected chi connectivity index (χ3v) is 3.28. The molecule has 88 valence electrons. The Morgan fingerprint density at radius 1 is 1.00 bits per heavy atom. The molecule has 2 aromatic rings. The van der Waals surface area contributed by atoms with Gasteiger partial charge in [0.25, 0.3) is 0 Å². The van der Waals surface area contributed by atoms with Crippen molar-refractivity contribution in [1.82, 2.24) is 0 Å². The number of halogens is 1. The number of benzene rings is 2. The van der Waals surface area contributed by atoms with Crippen LogP contribution in [0, 0.1) is 5.82 Å². The van der Waals surface area contributed by atoms with Crippen LogP contribution in [0.4, 0.5) is 4.39 Å². The molecule has 17 heavy (non-hydrogen) atoms. The Kier molecular flexibility index (Phi) is 3.58. The van der Waals surface area contributed by atoms with Crippen LogP contribution in [0.25, 0.3) is 11.1 Å². The number of rotatable bonds is 3. The molecule has 0 saturated carbocycles. The Morgan fingerprint density at radius 2 is 1.65 bits per heavy atom. The van der Waals surface area contributed by atoms with Gasteiger partial charge in [-0.1, -0.05) is 56.3 Å². The lowest BCUT2D eigenvalue weighted by atomic mass is 9.96. The lowest BCUT2D eigenvalue weighted by molar-refractivity contribution is 0.631. The Hall–Kier alpha value is -1.63. The summed E-state index contributed by atoms with van der Waals surface area (Å²) in [6, 6.07) is 15.1. The van der Waals surface area contributed by atoms with E-state index in [1.807, 2.05) is 24.3 Å². The SMILES string of the molecule is CCC(C)c1ccc(-c2ccccc2F)cc1. The summed E-state index contributed by atoms with van der Waals surface area (Å²) in [6.07, 6.45) is 1.12. The summed E-state index contributed by atoms with van der Waals surface area (Å²) < 4.78 is 13.6. The predicted octanol–water partition coefficient (Wildman–Crippen LogP) is 5.01. The zero-order valence-corrected chi connectivity index (χ0v) is 10.3. The average Bonchev–Trinajstić information content (AvgIpc) is 2.39. The second kappa shape index (κ2) is 5.13. The van der Waals surface area contributed by atoms with Crippen molar-refractivity contribution in [2.24, 2.45) is 0 Å². The third kappa shape index (κ3) is 2.55. The molecule has 0 spiro atoms. The molecule has 0 bridgehead atoms. The summed E-state index contributed by atoms with van der Waals surface area (Å²) in [5.74, 6) is 0.397. The van der Waals surface area contributed by atoms with E-state index in [4.69, 9.17) is 0 Å². The molecule has 0 aliphatic rings. The molecule has 0 aromatic heterocycles. The van der Waals surface area contributed by atoms with Crippen molar-refractivity contribution in [3.05, 3.63) is 59.9 Å². The maximum absolute atomic E-state index is 13.6. The van der Waals surface area contributed by atoms with Gasteiger partial charge in [0.1, 0.15) is 5.82 Å². The quantitative estimate of drug-likeness (QED) is 0.693. The summed E-state index contributed by atoms with van der Waals surface area (Å²) in [5, 5.41) is 0. The predicted molar refractivity (Wildman–Crippen MR) is 70.5 cm³/mol. The molecule has 1 atom stereocenters. The maximum atomic E-state index is 13.6. The number of hydrogen-bond donors (Lipinski definition) is 0. The molecular weight excluding hydrogens is 211 g/mol. The fourth-order valence-corrected chi connectivity index (χ4v) is 1.92. The molecule has 0 heterocycles. The molecule has 0 saturated heterocycles. The van der Waals surface area contributed by atoms with Crippen LogP contribution < -0.4 is 0 Å². The second-order valence-corrected chi connectivity index (χ2v) is 4.41. The molecule has 0 aliphatic heterocycles. The Labute approximate surface area is 102 Å². The molecular formula is C16H17F. The maximum Gasteiger partial charge on any atom is 0.131 e. The standard InChI is InChI=1S/C16H17F/c1-3-12(2)13-8-10-14(11-9-13)15-6-4-5-7-16(15)17/h4-12H,3H2,1-2H3. The van der Waals surface area contributed by atoms with Gasteiger partial charge in [0.2, 0.25) is 0 Å². The molecule has 2 rings (SSSR count). The average molecular weight is 228 g/mol. The van der Waals surface area contributed by atoms with Gasteiger partial charge in [0, 0.05) is 5.56 Å². The summed E-state index contributed by atoms with van der Waals surface area (Å²) in [7, 11) is 0. The van der Waals surface area contributed by atoms with E-state index >= 15 is 0 Å². The smallest absolute Gasteiger partial charge is 0.131 e. The summed E-state index contributed by atoms with van der Waals surface area (Å²) in [5.41, 5.74) is 2.92. The number of hydrogen-bond acceptors (Lipinski definition) is 0. The van der Waals surface area contributed by atoms with Gasteiger partial charge in [-0.25, -0.2) is 4.39 Å². The van der Waals surface area contributed by atoms with E-state index in [1.54, 1.807) is 6.07 Å². The van der Waals surface area contributed by atoms with Gasteiger partial charge in [0.05, 0.1) is 0 Å². The van der Waals surface area contributed by atoms with Crippen LogP contribution in [-0.2, 0) is 0 Å². The van der Waals surface area contributed by atoms with Gasteiger partial charge in [-0.15, -0.1) is 0 Å². The first-order valence-corrected chi connectivity index (χ1v) is 6.07. The van der Waals surface area contributed by atoms with Gasteiger partial charge in [-0.3, -0.25) is 0 Å². The van der Waals surface area contributed by atoms with Gasteiger partial charge < -0.3 is 0 Å². The van der Waals surface area contributed by atoms with Crippen LogP contribution in [0.3, 0.4) is 0 Å². The van der Waals surface area contributed by atoms with E-state index in [1.165, 1.54) is 11.6 Å². The van der Waals surface area contributed by atoms with Crippen molar-refractivity contribution < 1.29 is 4.39 Å². The lowest BCUT2D eigenvalue weighted by Crippen LogP contribution is -1.91. The summed E-state index contributed by atoms with van der Waals surface area (Å²) >= 11 is 0. The third-order valence-electron chi connectivity index (χ3n) is 3.28. The first kappa shape index (κ1) is 11.8. The van der Waals surface area contributed by atoms with Crippen LogP contribution in [0.15, 0.2) is 48.5 Å². The molecule has 0 amide bonds. The van der Waals surface area contributed by atoms with Crippen LogP contribution in [0.2, 0.25) is 0 Å². The fraction of sp³-hybridized carbons (Fsp3) is 0.250. The van der Waals surface area contributed by atoms with Gasteiger partial charge in [0.15, 0.2) is 0 Å². The van der Waals surface area contributed by atoms with Crippen molar-refractivity contribution in [1.29, 1.82) is 0 Å². The van der Waals surface area contributed by atoms with Crippen molar-refractivity contribution in [2.45, 2.75) is 26.2 Å². The van der Waals surface area contributed by atoms with Gasteiger partial charge in [-0.05, 0) is 29.5 Å². The minimum absolute atomic E-state index is 0.163. The van der Waals surface area contributed by atoms with Gasteiger partial charge in [-0.2, -0.15) is 0 Å². The lowest BCUT2D eigenvalue weighted by Gasteiger charge is -2.10. The van der Waals surface area contributed by atoms with Crippen molar-refractivity contribution >= 4 is 0 Å². The summed E-state index contributed by atoms with van der Waals surface area (Å²) in [6.45, 7) is 4.38. The highest BCUT2D eigenvalue weighted by Gasteiger charge is 2.06. The zero-order valence-electron chi connectivity index (χ0n) is 10.3. The van der Waals surface area contributed by atoms with Crippen LogP contribution in [0.1, 0.15) is 31.7 Å². The minimum atomic E-state index is -0.163. The summed E-state index contributed by atoms with van der Waals surface area (Å²) in [4.78, 5) is 0. The molecule has 0 aliphatic carbocycles. The molecule has 0 fully saturated rings. The fourth-order valence-electron chi connectivity index (χ4n) is 1.92. The zero-order chi connectivity index (χ0) is 12.3. The Balaban J connectivity index is 2.33. The Bertz CT molecular complexity index is 485. The van der Waals surface area contributed by atoms with Crippen LogP contribution >= 0.6 is 0 Å². The van der Waals surface area contributed by atoms with Crippen molar-refractivity contribution in [3.8, 4) is 11.1 Å². The molecule has 1 unspecified atom stereocenters. The van der Waals surface area contributed by atoms with E-state index in [0.29, 0.717) is 11.5 Å². The van der Waals surface area contributed by atoms with E-state index in [2.05, 4.69) is 26.0 Å². The second-order valence-electron chi connectivity index (χ2n) is 4.41. The molecule has 0 N–H and O–H groups in total. The van der Waals surface area contributed by atoms with E-state index < -0.39 is 0 Å².